The third-order valence-corrected chi connectivity index (χ3v) is 11.4. The summed E-state index contributed by atoms with van der Waals surface area (Å²) < 4.78 is 4.93. The normalized spacial score (nSPS) is 12.2. The molecule has 0 saturated carbocycles. The van der Waals surface area contributed by atoms with Crippen molar-refractivity contribution in [2.24, 2.45) is 0 Å². The Bertz CT molecular complexity index is 3260. The van der Waals surface area contributed by atoms with Crippen LogP contribution in [-0.4, -0.2) is 9.13 Å². The first kappa shape index (κ1) is 27.9. The molecule has 52 heavy (non-hydrogen) atoms. The molecule has 0 amide bonds. The molecule has 2 heterocycles. The van der Waals surface area contributed by atoms with Gasteiger partial charge in [0.05, 0.1) is 27.8 Å². The second-order valence-electron chi connectivity index (χ2n) is 14.1. The largest absolute Gasteiger partial charge is 0.309 e. The van der Waals surface area contributed by atoms with Crippen LogP contribution >= 0.6 is 0 Å². The fraction of sp³-hybridized carbons (Fsp3) is 0. The van der Waals surface area contributed by atoms with E-state index in [1.165, 1.54) is 110 Å². The van der Waals surface area contributed by atoms with Crippen molar-refractivity contribution < 1.29 is 0 Å². The smallest absolute Gasteiger partial charge is 0.0619 e. The van der Waals surface area contributed by atoms with Gasteiger partial charge in [-0.2, -0.15) is 0 Å². The quantitative estimate of drug-likeness (QED) is 0.179. The molecule has 9 aromatic carbocycles. The maximum atomic E-state index is 2.47. The maximum absolute atomic E-state index is 2.47. The van der Waals surface area contributed by atoms with E-state index in [0.717, 1.165) is 0 Å². The van der Waals surface area contributed by atoms with Crippen LogP contribution in [0.5, 0.6) is 0 Å². The molecule has 0 N–H and O–H groups in total. The van der Waals surface area contributed by atoms with Crippen molar-refractivity contribution in [2.45, 2.75) is 0 Å². The highest BCUT2D eigenvalue weighted by atomic mass is 15.0. The van der Waals surface area contributed by atoms with Gasteiger partial charge in [-0.1, -0.05) is 140 Å². The van der Waals surface area contributed by atoms with Crippen molar-refractivity contribution in [2.75, 3.05) is 0 Å². The van der Waals surface area contributed by atoms with Gasteiger partial charge in [-0.15, -0.1) is 0 Å². The van der Waals surface area contributed by atoms with Gasteiger partial charge in [0.1, 0.15) is 0 Å². The van der Waals surface area contributed by atoms with E-state index >= 15 is 0 Å². The van der Waals surface area contributed by atoms with Gasteiger partial charge in [-0.3, -0.25) is 0 Å². The average Bonchev–Trinajstić information content (AvgIpc) is 3.85. The Labute approximate surface area is 300 Å². The highest BCUT2D eigenvalue weighted by molar-refractivity contribution is 6.20. The van der Waals surface area contributed by atoms with Crippen LogP contribution in [0.2, 0.25) is 0 Å². The lowest BCUT2D eigenvalue weighted by Crippen LogP contribution is -1.96. The van der Waals surface area contributed by atoms with Crippen LogP contribution in [-0.2, 0) is 0 Å². The molecule has 11 aromatic rings. The van der Waals surface area contributed by atoms with E-state index < -0.39 is 0 Å². The highest BCUT2D eigenvalue weighted by Crippen LogP contribution is 2.49. The van der Waals surface area contributed by atoms with Gasteiger partial charge >= 0.3 is 0 Å². The SMILES string of the molecule is c1ccc(-n2c3cc(-c4ccc5c(c4)c4ccccc4n5-c4ccc5c6c(cccc46)-c4ccccc4-5)ccc3c3ccc4ccccc4c32)cc1. The lowest BCUT2D eigenvalue weighted by atomic mass is 10.0. The summed E-state index contributed by atoms with van der Waals surface area (Å²) in [5.74, 6) is 0. The van der Waals surface area contributed by atoms with Crippen LogP contribution < -0.4 is 0 Å². The summed E-state index contributed by atoms with van der Waals surface area (Å²) in [6.45, 7) is 0. The monoisotopic (exact) mass is 658 g/mol. The molecule has 0 bridgehead atoms. The second-order valence-corrected chi connectivity index (χ2v) is 14.1. The topological polar surface area (TPSA) is 9.86 Å². The molecule has 2 aromatic heterocycles. The van der Waals surface area contributed by atoms with E-state index in [9.17, 15) is 0 Å². The molecule has 0 spiro atoms. The molecule has 1 aliphatic carbocycles. The first-order chi connectivity index (χ1) is 25.8. The number of rotatable bonds is 3. The van der Waals surface area contributed by atoms with Gasteiger partial charge in [0, 0.05) is 38.0 Å². The van der Waals surface area contributed by atoms with Crippen molar-refractivity contribution in [3.05, 3.63) is 182 Å². The number of fused-ring (bicyclic) bond motifs is 11. The molecule has 0 atom stereocenters. The van der Waals surface area contributed by atoms with Crippen LogP contribution in [0.1, 0.15) is 0 Å². The Morgan fingerprint density at radius 3 is 1.83 bits per heavy atom. The van der Waals surface area contributed by atoms with E-state index in [0.29, 0.717) is 0 Å². The highest BCUT2D eigenvalue weighted by Gasteiger charge is 2.24. The molecule has 0 fully saturated rings. The van der Waals surface area contributed by atoms with E-state index in [4.69, 9.17) is 0 Å². The summed E-state index contributed by atoms with van der Waals surface area (Å²) in [6.07, 6.45) is 0. The molecule has 12 rings (SSSR count). The van der Waals surface area contributed by atoms with Gasteiger partial charge in [0.25, 0.3) is 0 Å². The number of hydrogen-bond donors (Lipinski definition) is 0. The molecule has 2 heteroatoms. The van der Waals surface area contributed by atoms with Crippen molar-refractivity contribution >= 4 is 65.2 Å². The molecular formula is C50H30N2. The standard InChI is InChI=1S/C50H30N2/c1-2-12-34(13-3-1)51-48-30-33(22-24-39(48)42-25-21-31-11-4-5-14-35(31)50(42)51)32-23-27-47-44(29-32)38-17-8-9-20-45(38)52(47)46-28-26-41-37-16-7-6-15-36(37)40-18-10-19-43(46)49(40)41/h1-30H. The number of aromatic nitrogens is 2. The van der Waals surface area contributed by atoms with Crippen LogP contribution in [0.4, 0.5) is 0 Å². The zero-order chi connectivity index (χ0) is 33.9. The number of nitrogens with zero attached hydrogens (tertiary/aromatic N) is 2. The van der Waals surface area contributed by atoms with E-state index in [1.54, 1.807) is 0 Å². The Morgan fingerprint density at radius 2 is 0.942 bits per heavy atom. The summed E-state index contributed by atoms with van der Waals surface area (Å²) in [6, 6.07) is 67.2. The molecule has 0 saturated heterocycles. The van der Waals surface area contributed by atoms with E-state index in [-0.39, 0.29) is 0 Å². The minimum absolute atomic E-state index is 1.17. The van der Waals surface area contributed by atoms with E-state index in [1.807, 2.05) is 0 Å². The van der Waals surface area contributed by atoms with Crippen molar-refractivity contribution in [3.8, 4) is 44.8 Å². The molecule has 2 nitrogen and oxygen atoms in total. The summed E-state index contributed by atoms with van der Waals surface area (Å²) >= 11 is 0. The van der Waals surface area contributed by atoms with Gasteiger partial charge in [-0.25, -0.2) is 0 Å². The van der Waals surface area contributed by atoms with Crippen LogP contribution in [0.3, 0.4) is 0 Å². The van der Waals surface area contributed by atoms with E-state index in [2.05, 4.69) is 191 Å². The predicted octanol–water partition coefficient (Wildman–Crippen LogP) is 13.5. The zero-order valence-electron chi connectivity index (χ0n) is 28.2. The molecule has 240 valence electrons. The molecule has 1 aliphatic rings. The third-order valence-electron chi connectivity index (χ3n) is 11.4. The van der Waals surface area contributed by atoms with Crippen molar-refractivity contribution in [1.29, 1.82) is 0 Å². The third kappa shape index (κ3) is 3.68. The van der Waals surface area contributed by atoms with Crippen molar-refractivity contribution in [3.63, 3.8) is 0 Å². The summed E-state index contributed by atoms with van der Waals surface area (Å²) in [4.78, 5) is 0. The molecular weight excluding hydrogens is 629 g/mol. The van der Waals surface area contributed by atoms with Crippen molar-refractivity contribution in [1.82, 2.24) is 9.13 Å². The Balaban J connectivity index is 1.09. The summed E-state index contributed by atoms with van der Waals surface area (Å²) in [7, 11) is 0. The Kier molecular flexibility index (Phi) is 5.53. The van der Waals surface area contributed by atoms with Crippen LogP contribution in [0, 0.1) is 0 Å². The minimum Gasteiger partial charge on any atom is -0.309 e. The van der Waals surface area contributed by atoms with Gasteiger partial charge in [-0.05, 0) is 86.6 Å². The maximum Gasteiger partial charge on any atom is 0.0619 e. The van der Waals surface area contributed by atoms with Gasteiger partial charge < -0.3 is 9.13 Å². The minimum atomic E-state index is 1.17. The van der Waals surface area contributed by atoms with Crippen LogP contribution in [0.15, 0.2) is 182 Å². The first-order valence-corrected chi connectivity index (χ1v) is 18.0. The lowest BCUT2D eigenvalue weighted by Gasteiger charge is -2.13. The van der Waals surface area contributed by atoms with Crippen LogP contribution in [0.25, 0.3) is 110 Å². The molecule has 0 unspecified atom stereocenters. The molecule has 0 radical (unpaired) electrons. The summed E-state index contributed by atoms with van der Waals surface area (Å²) in [5.41, 5.74) is 15.0. The summed E-state index contributed by atoms with van der Waals surface area (Å²) in [5, 5.41) is 10.2. The molecule has 0 aliphatic heterocycles. The number of hydrogen-bond acceptors (Lipinski definition) is 0. The zero-order valence-corrected chi connectivity index (χ0v) is 28.2. The average molecular weight is 659 g/mol. The van der Waals surface area contributed by atoms with Gasteiger partial charge in [0.2, 0.25) is 0 Å². The fourth-order valence-corrected chi connectivity index (χ4v) is 9.20. The van der Waals surface area contributed by atoms with Gasteiger partial charge in [0.15, 0.2) is 0 Å². The number of para-hydroxylation sites is 2. The Hall–Kier alpha value is -6.90. The Morgan fingerprint density at radius 1 is 0.308 bits per heavy atom. The predicted molar refractivity (Wildman–Crippen MR) is 220 cm³/mol. The fourth-order valence-electron chi connectivity index (χ4n) is 9.20. The second kappa shape index (κ2) is 10.3. The lowest BCUT2D eigenvalue weighted by molar-refractivity contribution is 1.19. The first-order valence-electron chi connectivity index (χ1n) is 18.0. The number of benzene rings is 9.